The average molecular weight is 404 g/mol. The molecule has 2 N–H and O–H groups in total. The largest absolute Gasteiger partial charge is 0.454 e. The van der Waals surface area contributed by atoms with Crippen molar-refractivity contribution in [1.82, 2.24) is 0 Å². The molecule has 132 valence electrons. The Hall–Kier alpha value is -2.36. The van der Waals surface area contributed by atoms with Gasteiger partial charge >= 0.3 is 0 Å². The van der Waals surface area contributed by atoms with Crippen molar-refractivity contribution in [2.75, 3.05) is 0 Å². The van der Waals surface area contributed by atoms with Crippen LogP contribution in [-0.4, -0.2) is 19.2 Å². The third kappa shape index (κ3) is 4.59. The zero-order valence-electron chi connectivity index (χ0n) is 12.6. The number of nitro benzene ring substituents is 1. The lowest BCUT2D eigenvalue weighted by Gasteiger charge is -2.11. The Kier molecular flexibility index (Phi) is 5.51. The van der Waals surface area contributed by atoms with Crippen molar-refractivity contribution in [1.29, 1.82) is 0 Å². The minimum absolute atomic E-state index is 0.00425. The quantitative estimate of drug-likeness (QED) is 0.350. The first-order valence-electron chi connectivity index (χ1n) is 6.58. The Balaban J connectivity index is 2.38. The minimum Gasteiger partial charge on any atom is -0.454 e. The Morgan fingerprint density at radius 1 is 1.20 bits per heavy atom. The summed E-state index contributed by atoms with van der Waals surface area (Å²) in [6.07, 6.45) is 0. The molecule has 2 aromatic carbocycles. The Labute approximate surface area is 153 Å². The number of benzene rings is 2. The molecule has 0 aliphatic carbocycles. The third-order valence-corrected chi connectivity index (χ3v) is 4.72. The molecule has 25 heavy (non-hydrogen) atoms. The number of nitrogens with zero attached hydrogens (tertiary/aromatic N) is 2. The van der Waals surface area contributed by atoms with Gasteiger partial charge in [0.25, 0.3) is 15.7 Å². The molecule has 0 aliphatic rings. The van der Waals surface area contributed by atoms with Crippen molar-refractivity contribution in [3.8, 4) is 11.5 Å². The van der Waals surface area contributed by atoms with Crippen molar-refractivity contribution in [2.24, 2.45) is 10.1 Å². The van der Waals surface area contributed by atoms with E-state index in [4.69, 9.17) is 33.7 Å². The van der Waals surface area contributed by atoms with Crippen molar-refractivity contribution in [3.63, 3.8) is 0 Å². The number of hydrogen-bond acceptors (Lipinski definition) is 5. The molecular weight excluding hydrogens is 393 g/mol. The Bertz CT molecular complexity index is 932. The summed E-state index contributed by atoms with van der Waals surface area (Å²) in [6.45, 7) is 1.33. The predicted octanol–water partition coefficient (Wildman–Crippen LogP) is 3.76. The zero-order chi connectivity index (χ0) is 18.8. The molecule has 0 bridgehead atoms. The van der Waals surface area contributed by atoms with E-state index in [2.05, 4.69) is 4.40 Å². The first kappa shape index (κ1) is 19.0. The minimum atomic E-state index is -4.05. The van der Waals surface area contributed by atoms with E-state index in [1.807, 2.05) is 0 Å². The molecule has 0 amide bonds. The van der Waals surface area contributed by atoms with Gasteiger partial charge < -0.3 is 10.5 Å². The number of non-ortho nitro benzene ring substituents is 1. The summed E-state index contributed by atoms with van der Waals surface area (Å²) < 4.78 is 32.9. The van der Waals surface area contributed by atoms with Crippen LogP contribution >= 0.6 is 23.2 Å². The highest BCUT2D eigenvalue weighted by Crippen LogP contribution is 2.39. The number of amidine groups is 1. The zero-order valence-corrected chi connectivity index (χ0v) is 15.0. The van der Waals surface area contributed by atoms with E-state index >= 15 is 0 Å². The Morgan fingerprint density at radius 2 is 1.72 bits per heavy atom. The first-order chi connectivity index (χ1) is 11.6. The molecule has 0 atom stereocenters. The van der Waals surface area contributed by atoms with Crippen LogP contribution in [0, 0.1) is 10.1 Å². The van der Waals surface area contributed by atoms with E-state index in [9.17, 15) is 18.5 Å². The fourth-order valence-corrected chi connectivity index (χ4v) is 3.49. The highest BCUT2D eigenvalue weighted by molar-refractivity contribution is 7.90. The number of rotatable bonds is 5. The van der Waals surface area contributed by atoms with Crippen LogP contribution in [0.25, 0.3) is 0 Å². The lowest BCUT2D eigenvalue weighted by atomic mass is 10.3. The summed E-state index contributed by atoms with van der Waals surface area (Å²) in [4.78, 5) is 9.83. The summed E-state index contributed by atoms with van der Waals surface area (Å²) in [5.41, 5.74) is 5.18. The lowest BCUT2D eigenvalue weighted by molar-refractivity contribution is -0.384. The molecule has 2 aromatic rings. The number of hydrogen-bond donors (Lipinski definition) is 1. The van der Waals surface area contributed by atoms with Crippen LogP contribution in [0.2, 0.25) is 10.0 Å². The normalized spacial score (nSPS) is 12.0. The summed E-state index contributed by atoms with van der Waals surface area (Å²) in [6, 6.07) is 7.45. The molecule has 11 heteroatoms. The fourth-order valence-electron chi connectivity index (χ4n) is 1.78. The lowest BCUT2D eigenvalue weighted by Crippen LogP contribution is -2.10. The van der Waals surface area contributed by atoms with Gasteiger partial charge in [0, 0.05) is 12.1 Å². The topological polar surface area (TPSA) is 125 Å². The molecule has 0 saturated carbocycles. The maximum absolute atomic E-state index is 12.0. The number of ether oxygens (including phenoxy) is 1. The van der Waals surface area contributed by atoms with Crippen LogP contribution in [0.1, 0.15) is 6.92 Å². The van der Waals surface area contributed by atoms with Gasteiger partial charge in [0.15, 0.2) is 5.75 Å². The van der Waals surface area contributed by atoms with Gasteiger partial charge in [-0.15, -0.1) is 4.40 Å². The van der Waals surface area contributed by atoms with Crippen LogP contribution in [0.3, 0.4) is 0 Å². The van der Waals surface area contributed by atoms with Gasteiger partial charge in [0.2, 0.25) is 0 Å². The van der Waals surface area contributed by atoms with Crippen molar-refractivity contribution in [3.05, 3.63) is 56.6 Å². The van der Waals surface area contributed by atoms with E-state index in [1.165, 1.54) is 31.2 Å². The van der Waals surface area contributed by atoms with Crippen LogP contribution in [0.4, 0.5) is 5.69 Å². The van der Waals surface area contributed by atoms with Gasteiger partial charge in [-0.05, 0) is 31.2 Å². The molecule has 0 saturated heterocycles. The smallest absolute Gasteiger partial charge is 0.284 e. The van der Waals surface area contributed by atoms with Gasteiger partial charge in [-0.25, -0.2) is 0 Å². The van der Waals surface area contributed by atoms with Crippen LogP contribution in [0.5, 0.6) is 11.5 Å². The monoisotopic (exact) mass is 403 g/mol. The predicted molar refractivity (Wildman–Crippen MR) is 94.1 cm³/mol. The van der Waals surface area contributed by atoms with Gasteiger partial charge in [-0.2, -0.15) is 8.42 Å². The highest BCUT2D eigenvalue weighted by atomic mass is 35.5. The molecule has 0 spiro atoms. The second kappa shape index (κ2) is 7.26. The maximum atomic E-state index is 12.0. The van der Waals surface area contributed by atoms with E-state index in [-0.39, 0.29) is 38.0 Å². The Morgan fingerprint density at radius 3 is 2.16 bits per heavy atom. The number of nitro groups is 1. The number of halogens is 2. The molecule has 0 fully saturated rings. The second-order valence-corrected chi connectivity index (χ2v) is 7.20. The van der Waals surface area contributed by atoms with Crippen molar-refractivity contribution >= 4 is 44.7 Å². The third-order valence-electron chi connectivity index (χ3n) is 2.80. The summed E-state index contributed by atoms with van der Waals surface area (Å²) in [5.74, 6) is 0.101. The molecule has 0 radical (unpaired) electrons. The van der Waals surface area contributed by atoms with E-state index < -0.39 is 14.9 Å². The molecular formula is C14H11Cl2N3O5S. The molecule has 0 aliphatic heterocycles. The van der Waals surface area contributed by atoms with Crippen LogP contribution in [0.15, 0.2) is 45.7 Å². The van der Waals surface area contributed by atoms with Crippen molar-refractivity contribution in [2.45, 2.75) is 11.8 Å². The number of nitrogens with two attached hydrogens (primary N) is 1. The van der Waals surface area contributed by atoms with Gasteiger partial charge in [-0.3, -0.25) is 10.1 Å². The van der Waals surface area contributed by atoms with Crippen LogP contribution < -0.4 is 10.5 Å². The summed E-state index contributed by atoms with van der Waals surface area (Å²) >= 11 is 12.1. The standard InChI is InChI=1S/C14H11Cl2N3O5S/c1-8(17)18-25(22,23)11-6-12(15)14(13(16)7-11)24-10-4-2-9(3-5-10)19(20)21/h2-7H,1H3,(H2,17,18). The average Bonchev–Trinajstić information content (AvgIpc) is 2.49. The van der Waals surface area contributed by atoms with E-state index in [1.54, 1.807) is 0 Å². The maximum Gasteiger partial charge on any atom is 0.284 e. The first-order valence-corrected chi connectivity index (χ1v) is 8.78. The fraction of sp³-hybridized carbons (Fsp3) is 0.0714. The van der Waals surface area contributed by atoms with Gasteiger partial charge in [0.1, 0.15) is 11.6 Å². The molecule has 2 rings (SSSR count). The van der Waals surface area contributed by atoms with Crippen LogP contribution in [-0.2, 0) is 10.0 Å². The molecule has 8 nitrogen and oxygen atoms in total. The summed E-state index contributed by atoms with van der Waals surface area (Å²) in [5, 5.41) is 10.5. The van der Waals surface area contributed by atoms with Gasteiger partial charge in [0.05, 0.1) is 19.9 Å². The summed E-state index contributed by atoms with van der Waals surface area (Å²) in [7, 11) is -4.05. The highest BCUT2D eigenvalue weighted by Gasteiger charge is 2.19. The SMILES string of the molecule is CC(N)=NS(=O)(=O)c1cc(Cl)c(Oc2ccc([N+](=O)[O-])cc2)c(Cl)c1. The molecule has 0 unspecified atom stereocenters. The molecule has 0 aromatic heterocycles. The van der Waals surface area contributed by atoms with E-state index in [0.717, 1.165) is 12.1 Å². The molecule has 0 heterocycles. The second-order valence-electron chi connectivity index (χ2n) is 4.78. The van der Waals surface area contributed by atoms with Crippen molar-refractivity contribution < 1.29 is 18.1 Å². The van der Waals surface area contributed by atoms with E-state index in [0.29, 0.717) is 0 Å². The van der Waals surface area contributed by atoms with Gasteiger partial charge in [-0.1, -0.05) is 23.2 Å². The number of sulfonamides is 1.